The minimum Gasteiger partial charge on any atom is -0.326 e. The predicted molar refractivity (Wildman–Crippen MR) is 59.9 cm³/mol. The van der Waals surface area contributed by atoms with Crippen molar-refractivity contribution in [2.24, 2.45) is 5.73 Å². The Balaban J connectivity index is 2.98. The number of hydrogen-bond donors (Lipinski definition) is 1. The van der Waals surface area contributed by atoms with Crippen molar-refractivity contribution in [2.75, 3.05) is 0 Å². The highest BCUT2D eigenvalue weighted by Gasteiger charge is 2.13. The normalized spacial score (nSPS) is 12.9. The maximum absolute atomic E-state index is 13.5. The van der Waals surface area contributed by atoms with Crippen LogP contribution < -0.4 is 5.73 Å². The van der Waals surface area contributed by atoms with E-state index in [2.05, 4.69) is 0 Å². The molecule has 84 valence electrons. The van der Waals surface area contributed by atoms with Crippen molar-refractivity contribution < 1.29 is 8.78 Å². The molecule has 0 aromatic heterocycles. The van der Waals surface area contributed by atoms with Gasteiger partial charge in [-0.2, -0.15) is 0 Å². The summed E-state index contributed by atoms with van der Waals surface area (Å²) in [5.41, 5.74) is 5.81. The van der Waals surface area contributed by atoms with E-state index in [-0.39, 0.29) is 16.7 Å². The number of hydrogen-bond acceptors (Lipinski definition) is 2. The lowest BCUT2D eigenvalue weighted by atomic mass is 10.2. The second-order valence-electron chi connectivity index (χ2n) is 3.43. The molecule has 15 heavy (non-hydrogen) atoms. The lowest BCUT2D eigenvalue weighted by Crippen LogP contribution is -2.01. The molecule has 4 heteroatoms. The largest absolute Gasteiger partial charge is 0.326 e. The molecular weight excluding hydrogens is 216 g/mol. The van der Waals surface area contributed by atoms with Gasteiger partial charge in [0.1, 0.15) is 11.6 Å². The monoisotopic (exact) mass is 231 g/mol. The van der Waals surface area contributed by atoms with Crippen molar-refractivity contribution in [1.82, 2.24) is 0 Å². The van der Waals surface area contributed by atoms with Gasteiger partial charge in [-0.05, 0) is 24.1 Å². The lowest BCUT2D eigenvalue weighted by molar-refractivity contribution is 0.536. The average Bonchev–Trinajstić information content (AvgIpc) is 2.22. The molecule has 1 rings (SSSR count). The molecule has 1 atom stereocenters. The summed E-state index contributed by atoms with van der Waals surface area (Å²) < 4.78 is 27.0. The van der Waals surface area contributed by atoms with Crippen LogP contribution >= 0.6 is 11.8 Å². The molecule has 0 saturated carbocycles. The van der Waals surface area contributed by atoms with E-state index in [0.717, 1.165) is 6.42 Å². The fourth-order valence-electron chi connectivity index (χ4n) is 1.13. The third-order valence-electron chi connectivity index (χ3n) is 2.19. The molecule has 0 amide bonds. The predicted octanol–water partition coefficient (Wildman–Crippen LogP) is 3.31. The third kappa shape index (κ3) is 3.18. The zero-order valence-corrected chi connectivity index (χ0v) is 9.70. The quantitative estimate of drug-likeness (QED) is 0.804. The van der Waals surface area contributed by atoms with Crippen LogP contribution in [0.15, 0.2) is 17.0 Å². The van der Waals surface area contributed by atoms with Gasteiger partial charge in [-0.25, -0.2) is 8.78 Å². The number of halogens is 2. The number of benzene rings is 1. The molecule has 1 aromatic rings. The van der Waals surface area contributed by atoms with Crippen molar-refractivity contribution in [3.63, 3.8) is 0 Å². The molecule has 0 heterocycles. The number of thioether (sulfide) groups is 1. The first-order valence-electron chi connectivity index (χ1n) is 4.93. The first-order valence-corrected chi connectivity index (χ1v) is 5.81. The zero-order chi connectivity index (χ0) is 11.4. The van der Waals surface area contributed by atoms with Gasteiger partial charge in [0.05, 0.1) is 4.90 Å². The molecule has 0 aliphatic rings. The fourth-order valence-corrected chi connectivity index (χ4v) is 2.04. The Morgan fingerprint density at radius 2 is 1.87 bits per heavy atom. The molecule has 1 nitrogen and oxygen atoms in total. The van der Waals surface area contributed by atoms with Crippen LogP contribution in [-0.4, -0.2) is 5.25 Å². The molecule has 1 unspecified atom stereocenters. The highest BCUT2D eigenvalue weighted by molar-refractivity contribution is 8.00. The van der Waals surface area contributed by atoms with E-state index in [1.807, 2.05) is 13.8 Å². The first kappa shape index (κ1) is 12.5. The molecule has 2 N–H and O–H groups in total. The van der Waals surface area contributed by atoms with E-state index in [4.69, 9.17) is 5.73 Å². The minimum absolute atomic E-state index is 0.0987. The Morgan fingerprint density at radius 1 is 1.33 bits per heavy atom. The van der Waals surface area contributed by atoms with E-state index < -0.39 is 11.6 Å². The summed E-state index contributed by atoms with van der Waals surface area (Å²) in [6, 6.07) is 2.60. The van der Waals surface area contributed by atoms with Crippen LogP contribution in [0, 0.1) is 11.6 Å². The van der Waals surface area contributed by atoms with Gasteiger partial charge in [-0.1, -0.05) is 13.8 Å². The fraction of sp³-hybridized carbons (Fsp3) is 0.455. The van der Waals surface area contributed by atoms with Gasteiger partial charge >= 0.3 is 0 Å². The van der Waals surface area contributed by atoms with Crippen molar-refractivity contribution in [2.45, 2.75) is 37.0 Å². The van der Waals surface area contributed by atoms with Gasteiger partial charge in [0.25, 0.3) is 0 Å². The summed E-state index contributed by atoms with van der Waals surface area (Å²) in [7, 11) is 0. The highest BCUT2D eigenvalue weighted by Crippen LogP contribution is 2.30. The Kier molecular flexibility index (Phi) is 4.54. The van der Waals surface area contributed by atoms with Crippen molar-refractivity contribution in [3.05, 3.63) is 29.3 Å². The molecule has 0 aliphatic carbocycles. The van der Waals surface area contributed by atoms with Crippen LogP contribution in [0.1, 0.15) is 25.8 Å². The van der Waals surface area contributed by atoms with Crippen molar-refractivity contribution in [3.8, 4) is 0 Å². The second kappa shape index (κ2) is 5.47. The topological polar surface area (TPSA) is 26.0 Å². The van der Waals surface area contributed by atoms with Crippen LogP contribution in [0.2, 0.25) is 0 Å². The summed E-state index contributed by atoms with van der Waals surface area (Å²) in [6.07, 6.45) is 0.877. The molecule has 0 aliphatic heterocycles. The van der Waals surface area contributed by atoms with Crippen LogP contribution in [-0.2, 0) is 6.54 Å². The first-order chi connectivity index (χ1) is 7.08. The molecule has 0 spiro atoms. The Morgan fingerprint density at radius 3 is 2.27 bits per heavy atom. The Hall–Kier alpha value is -0.610. The van der Waals surface area contributed by atoms with Gasteiger partial charge in [0.15, 0.2) is 0 Å². The third-order valence-corrected chi connectivity index (χ3v) is 3.55. The van der Waals surface area contributed by atoms with E-state index in [9.17, 15) is 8.78 Å². The van der Waals surface area contributed by atoms with Gasteiger partial charge in [0.2, 0.25) is 0 Å². The second-order valence-corrected chi connectivity index (χ2v) is 4.88. The summed E-state index contributed by atoms with van der Waals surface area (Å²) >= 11 is 1.23. The van der Waals surface area contributed by atoms with Crippen molar-refractivity contribution >= 4 is 11.8 Å². The maximum Gasteiger partial charge on any atom is 0.140 e. The van der Waals surface area contributed by atoms with Gasteiger partial charge in [-0.3, -0.25) is 0 Å². The van der Waals surface area contributed by atoms with E-state index in [0.29, 0.717) is 5.56 Å². The summed E-state index contributed by atoms with van der Waals surface area (Å²) in [4.78, 5) is 0.0987. The van der Waals surface area contributed by atoms with Crippen molar-refractivity contribution in [1.29, 1.82) is 0 Å². The Bertz CT molecular complexity index is 318. The SMILES string of the molecule is CCC(C)Sc1c(F)cc(CN)cc1F. The van der Waals surface area contributed by atoms with E-state index in [1.165, 1.54) is 23.9 Å². The molecule has 0 radical (unpaired) electrons. The van der Waals surface area contributed by atoms with Crippen LogP contribution in [0.25, 0.3) is 0 Å². The van der Waals surface area contributed by atoms with E-state index >= 15 is 0 Å². The lowest BCUT2D eigenvalue weighted by Gasteiger charge is -2.11. The van der Waals surface area contributed by atoms with Gasteiger partial charge in [-0.15, -0.1) is 11.8 Å². The maximum atomic E-state index is 13.5. The summed E-state index contributed by atoms with van der Waals surface area (Å²) in [5, 5.41) is 0.206. The molecular formula is C11H15F2NS. The number of nitrogens with two attached hydrogens (primary N) is 1. The summed E-state index contributed by atoms with van der Waals surface area (Å²) in [5.74, 6) is -1.03. The molecule has 0 saturated heterocycles. The summed E-state index contributed by atoms with van der Waals surface area (Å²) in [6.45, 7) is 4.09. The average molecular weight is 231 g/mol. The van der Waals surface area contributed by atoms with E-state index in [1.54, 1.807) is 0 Å². The number of rotatable bonds is 4. The molecule has 0 bridgehead atoms. The molecule has 0 fully saturated rings. The smallest absolute Gasteiger partial charge is 0.140 e. The Labute approximate surface area is 93.1 Å². The van der Waals surface area contributed by atoms with Crippen LogP contribution in [0.5, 0.6) is 0 Å². The minimum atomic E-state index is -0.513. The zero-order valence-electron chi connectivity index (χ0n) is 8.89. The van der Waals surface area contributed by atoms with Gasteiger partial charge in [0, 0.05) is 11.8 Å². The highest BCUT2D eigenvalue weighted by atomic mass is 32.2. The van der Waals surface area contributed by atoms with Crippen LogP contribution in [0.4, 0.5) is 8.78 Å². The molecule has 1 aromatic carbocycles. The standard InChI is InChI=1S/C11H15F2NS/c1-3-7(2)15-11-9(12)4-8(6-14)5-10(11)13/h4-5,7H,3,6,14H2,1-2H3. The van der Waals surface area contributed by atoms with Gasteiger partial charge < -0.3 is 5.73 Å². The van der Waals surface area contributed by atoms with Crippen LogP contribution in [0.3, 0.4) is 0 Å².